The molecule has 64 valence electrons. The van der Waals surface area contributed by atoms with Crippen LogP contribution < -0.4 is 0 Å². The Morgan fingerprint density at radius 3 is 2.18 bits per heavy atom. The highest BCUT2D eigenvalue weighted by Gasteiger charge is 2.61. The number of rotatable bonds is 2. The van der Waals surface area contributed by atoms with Crippen LogP contribution in [0.25, 0.3) is 0 Å². The first-order valence-corrected chi connectivity index (χ1v) is 4.22. The Balaban J connectivity index is 2.55. The van der Waals surface area contributed by atoms with E-state index in [1.54, 1.807) is 0 Å². The fourth-order valence-corrected chi connectivity index (χ4v) is 1.64. The Bertz CT molecular complexity index is 166. The molecular formula is C9H16O2. The number of esters is 1. The van der Waals surface area contributed by atoms with E-state index in [-0.39, 0.29) is 11.4 Å². The lowest BCUT2D eigenvalue weighted by atomic mass is 10.1. The van der Waals surface area contributed by atoms with Crippen LogP contribution in [0.5, 0.6) is 0 Å². The van der Waals surface area contributed by atoms with Gasteiger partial charge in [-0.3, -0.25) is 4.79 Å². The number of hydrogen-bond acceptors (Lipinski definition) is 2. The van der Waals surface area contributed by atoms with Crippen LogP contribution in [0.2, 0.25) is 0 Å². The zero-order chi connectivity index (χ0) is 8.65. The van der Waals surface area contributed by atoms with Gasteiger partial charge in [-0.1, -0.05) is 13.8 Å². The first-order chi connectivity index (χ1) is 5.05. The maximum Gasteiger partial charge on any atom is 0.312 e. The van der Waals surface area contributed by atoms with Gasteiger partial charge in [-0.2, -0.15) is 0 Å². The molecule has 1 aliphatic carbocycles. The van der Waals surface area contributed by atoms with Gasteiger partial charge < -0.3 is 4.74 Å². The van der Waals surface area contributed by atoms with Gasteiger partial charge in [0.15, 0.2) is 0 Å². The van der Waals surface area contributed by atoms with E-state index >= 15 is 0 Å². The molecule has 0 radical (unpaired) electrons. The highest BCUT2D eigenvalue weighted by atomic mass is 16.5. The molecule has 0 aliphatic heterocycles. The third-order valence-corrected chi connectivity index (χ3v) is 3.25. The Morgan fingerprint density at radius 1 is 1.45 bits per heavy atom. The molecule has 1 aliphatic rings. The summed E-state index contributed by atoms with van der Waals surface area (Å²) >= 11 is 0. The summed E-state index contributed by atoms with van der Waals surface area (Å²) in [6, 6.07) is 0. The molecule has 1 fully saturated rings. The van der Waals surface area contributed by atoms with Crippen LogP contribution in [0.3, 0.4) is 0 Å². The van der Waals surface area contributed by atoms with Crippen LogP contribution >= 0.6 is 0 Å². The van der Waals surface area contributed by atoms with Gasteiger partial charge in [0.25, 0.3) is 0 Å². The predicted octanol–water partition coefficient (Wildman–Crippen LogP) is 1.84. The predicted molar refractivity (Wildman–Crippen MR) is 43.1 cm³/mol. The minimum absolute atomic E-state index is 0.0278. The van der Waals surface area contributed by atoms with Crippen molar-refractivity contribution < 1.29 is 9.53 Å². The molecule has 0 spiro atoms. The second kappa shape index (κ2) is 2.50. The highest BCUT2D eigenvalue weighted by Crippen LogP contribution is 2.58. The quantitative estimate of drug-likeness (QED) is 0.570. The third-order valence-electron chi connectivity index (χ3n) is 3.25. The van der Waals surface area contributed by atoms with Gasteiger partial charge in [0.1, 0.15) is 0 Å². The van der Waals surface area contributed by atoms with Crippen molar-refractivity contribution in [1.29, 1.82) is 0 Å². The average molecular weight is 156 g/mol. The molecule has 0 saturated heterocycles. The van der Waals surface area contributed by atoms with Crippen molar-refractivity contribution in [3.05, 3.63) is 0 Å². The van der Waals surface area contributed by atoms with Crippen LogP contribution in [0.15, 0.2) is 0 Å². The molecule has 0 heterocycles. The zero-order valence-electron chi connectivity index (χ0n) is 7.68. The van der Waals surface area contributed by atoms with E-state index in [4.69, 9.17) is 4.74 Å². The largest absolute Gasteiger partial charge is 0.466 e. The van der Waals surface area contributed by atoms with Crippen LogP contribution in [-0.4, -0.2) is 12.6 Å². The monoisotopic (exact) mass is 156 g/mol. The fraction of sp³-hybridized carbons (Fsp3) is 0.889. The van der Waals surface area contributed by atoms with Crippen molar-refractivity contribution in [3.63, 3.8) is 0 Å². The van der Waals surface area contributed by atoms with Crippen molar-refractivity contribution >= 4 is 5.97 Å². The fourth-order valence-electron chi connectivity index (χ4n) is 1.64. The Morgan fingerprint density at radius 2 is 1.91 bits per heavy atom. The number of carbonyl (C=O) groups excluding carboxylic acids is 1. The molecule has 1 saturated carbocycles. The maximum absolute atomic E-state index is 11.3. The van der Waals surface area contributed by atoms with E-state index in [0.29, 0.717) is 18.4 Å². The van der Waals surface area contributed by atoms with Gasteiger partial charge in [0.05, 0.1) is 12.0 Å². The van der Waals surface area contributed by atoms with Gasteiger partial charge in [-0.25, -0.2) is 0 Å². The summed E-state index contributed by atoms with van der Waals surface area (Å²) in [7, 11) is 0. The van der Waals surface area contributed by atoms with E-state index in [1.807, 2.05) is 13.8 Å². The summed E-state index contributed by atoms with van der Waals surface area (Å²) in [6.07, 6.45) is 0. The van der Waals surface area contributed by atoms with Crippen molar-refractivity contribution in [3.8, 4) is 0 Å². The van der Waals surface area contributed by atoms with E-state index in [9.17, 15) is 4.79 Å². The molecule has 11 heavy (non-hydrogen) atoms. The molecule has 1 rings (SSSR count). The van der Waals surface area contributed by atoms with Gasteiger partial charge in [0, 0.05) is 0 Å². The highest BCUT2D eigenvalue weighted by molar-refractivity contribution is 5.80. The average Bonchev–Trinajstić information content (AvgIpc) is 2.43. The molecule has 0 amide bonds. The molecule has 2 unspecified atom stereocenters. The summed E-state index contributed by atoms with van der Waals surface area (Å²) in [5.74, 6) is 0.947. The van der Waals surface area contributed by atoms with E-state index in [2.05, 4.69) is 13.8 Å². The molecule has 0 N–H and O–H groups in total. The molecule has 2 heteroatoms. The Hall–Kier alpha value is -0.530. The molecule has 0 aromatic heterocycles. The number of carbonyl (C=O) groups is 1. The lowest BCUT2D eigenvalue weighted by Gasteiger charge is -2.08. The number of hydrogen-bond donors (Lipinski definition) is 0. The van der Waals surface area contributed by atoms with E-state index in [0.717, 1.165) is 0 Å². The Kier molecular flexibility index (Phi) is 1.95. The number of ether oxygens (including phenoxy) is 1. The summed E-state index contributed by atoms with van der Waals surface area (Å²) in [5, 5.41) is 0. The molecule has 0 bridgehead atoms. The van der Waals surface area contributed by atoms with Crippen LogP contribution in [0.1, 0.15) is 27.7 Å². The minimum atomic E-state index is -0.185. The molecule has 0 aromatic rings. The van der Waals surface area contributed by atoms with Gasteiger partial charge >= 0.3 is 5.97 Å². The normalized spacial score (nSPS) is 41.8. The lowest BCUT2D eigenvalue weighted by molar-refractivity contribution is -0.150. The first kappa shape index (κ1) is 8.57. The summed E-state index contributed by atoms with van der Waals surface area (Å²) in [4.78, 5) is 11.3. The topological polar surface area (TPSA) is 26.3 Å². The smallest absolute Gasteiger partial charge is 0.312 e. The van der Waals surface area contributed by atoms with Crippen molar-refractivity contribution in [2.45, 2.75) is 27.7 Å². The van der Waals surface area contributed by atoms with Gasteiger partial charge in [0.2, 0.25) is 0 Å². The SMILES string of the molecule is CCOC(=O)C1(C)C(C)C1C. The minimum Gasteiger partial charge on any atom is -0.466 e. The van der Waals surface area contributed by atoms with Crippen LogP contribution in [0.4, 0.5) is 0 Å². The van der Waals surface area contributed by atoms with Crippen molar-refractivity contribution in [2.75, 3.05) is 6.61 Å². The van der Waals surface area contributed by atoms with Gasteiger partial charge in [-0.05, 0) is 25.7 Å². The summed E-state index contributed by atoms with van der Waals surface area (Å²) in [6.45, 7) is 8.52. The molecular weight excluding hydrogens is 140 g/mol. The lowest BCUT2D eigenvalue weighted by Crippen LogP contribution is -2.18. The summed E-state index contributed by atoms with van der Waals surface area (Å²) < 4.78 is 4.97. The summed E-state index contributed by atoms with van der Waals surface area (Å²) in [5.41, 5.74) is -0.185. The Labute approximate surface area is 67.9 Å². The molecule has 2 atom stereocenters. The van der Waals surface area contributed by atoms with Crippen LogP contribution in [-0.2, 0) is 9.53 Å². The van der Waals surface area contributed by atoms with E-state index < -0.39 is 0 Å². The molecule has 0 aromatic carbocycles. The standard InChI is InChI=1S/C9H16O2/c1-5-11-8(10)9(4)6(2)7(9)3/h6-7H,5H2,1-4H3. The second-order valence-corrected chi connectivity index (χ2v) is 3.58. The third kappa shape index (κ3) is 1.05. The first-order valence-electron chi connectivity index (χ1n) is 4.22. The molecule has 2 nitrogen and oxygen atoms in total. The zero-order valence-corrected chi connectivity index (χ0v) is 7.68. The van der Waals surface area contributed by atoms with Crippen molar-refractivity contribution in [2.24, 2.45) is 17.3 Å². The van der Waals surface area contributed by atoms with E-state index in [1.165, 1.54) is 0 Å². The maximum atomic E-state index is 11.3. The second-order valence-electron chi connectivity index (χ2n) is 3.58. The van der Waals surface area contributed by atoms with Crippen LogP contribution in [0, 0.1) is 17.3 Å². The van der Waals surface area contributed by atoms with Crippen molar-refractivity contribution in [1.82, 2.24) is 0 Å². The van der Waals surface area contributed by atoms with Gasteiger partial charge in [-0.15, -0.1) is 0 Å².